The number of hydrogen-bond donors (Lipinski definition) is 4. The Labute approximate surface area is 151 Å². The largest absolute Gasteiger partial charge is 0.397 e. The molecule has 0 amide bonds. The Morgan fingerprint density at radius 3 is 2.69 bits per heavy atom. The summed E-state index contributed by atoms with van der Waals surface area (Å²) in [5.74, 6) is 0.682. The maximum absolute atomic E-state index is 9.39. The first-order valence-electron chi connectivity index (χ1n) is 8.09. The van der Waals surface area contributed by atoms with Crippen molar-refractivity contribution in [1.29, 1.82) is 10.5 Å². The van der Waals surface area contributed by atoms with Crippen molar-refractivity contribution in [3.8, 4) is 12.3 Å². The number of aliphatic imine (C=N–C) groups is 1. The van der Waals surface area contributed by atoms with E-state index in [1.807, 2.05) is 37.4 Å². The lowest BCUT2D eigenvalue weighted by atomic mass is 9.88. The van der Waals surface area contributed by atoms with Gasteiger partial charge in [0.25, 0.3) is 0 Å². The Hall–Kier alpha value is -3.78. The van der Waals surface area contributed by atoms with Gasteiger partial charge < -0.3 is 16.8 Å². The average molecular weight is 346 g/mol. The van der Waals surface area contributed by atoms with Crippen LogP contribution in [-0.2, 0) is 6.42 Å². The molecule has 0 saturated heterocycles. The minimum absolute atomic E-state index is 0.0358. The topological polar surface area (TPSA) is 149 Å². The zero-order valence-corrected chi connectivity index (χ0v) is 14.5. The summed E-state index contributed by atoms with van der Waals surface area (Å²) in [6, 6.07) is 7.52. The van der Waals surface area contributed by atoms with E-state index < -0.39 is 6.04 Å². The number of nitrogen functional groups attached to an aromatic ring is 2. The van der Waals surface area contributed by atoms with Crippen molar-refractivity contribution < 1.29 is 0 Å². The van der Waals surface area contributed by atoms with E-state index >= 15 is 0 Å². The minimum Gasteiger partial charge on any atom is -0.397 e. The van der Waals surface area contributed by atoms with E-state index in [1.165, 1.54) is 0 Å². The Morgan fingerprint density at radius 2 is 2.04 bits per heavy atom. The fraction of sp³-hybridized carbons (Fsp3) is 0.222. The van der Waals surface area contributed by atoms with Gasteiger partial charge in [0, 0.05) is 5.56 Å². The van der Waals surface area contributed by atoms with Crippen LogP contribution >= 0.6 is 0 Å². The van der Waals surface area contributed by atoms with Gasteiger partial charge in [-0.25, -0.2) is 9.98 Å². The highest BCUT2D eigenvalue weighted by Gasteiger charge is 2.31. The van der Waals surface area contributed by atoms with Crippen molar-refractivity contribution >= 4 is 23.3 Å². The van der Waals surface area contributed by atoms with Gasteiger partial charge in [-0.15, -0.1) is 0 Å². The van der Waals surface area contributed by atoms with Crippen LogP contribution in [0.25, 0.3) is 0 Å². The third-order valence-corrected chi connectivity index (χ3v) is 4.43. The van der Waals surface area contributed by atoms with Crippen molar-refractivity contribution in [1.82, 2.24) is 10.3 Å². The second kappa shape index (κ2) is 6.61. The monoisotopic (exact) mass is 346 g/mol. The van der Waals surface area contributed by atoms with Gasteiger partial charge in [-0.2, -0.15) is 10.5 Å². The average Bonchev–Trinajstić information content (AvgIpc) is 2.61. The smallest absolute Gasteiger partial charge is 0.211 e. The molecule has 26 heavy (non-hydrogen) atoms. The zero-order valence-electron chi connectivity index (χ0n) is 14.5. The lowest BCUT2D eigenvalue weighted by molar-refractivity contribution is 0.821. The summed E-state index contributed by atoms with van der Waals surface area (Å²) in [6.07, 6.45) is 2.66. The van der Waals surface area contributed by atoms with Crippen molar-refractivity contribution in [2.45, 2.75) is 26.3 Å². The normalized spacial score (nSPS) is 15.1. The van der Waals surface area contributed by atoms with Gasteiger partial charge in [-0.3, -0.25) is 5.32 Å². The molecule has 1 aliphatic heterocycles. The molecule has 0 aliphatic carbocycles. The van der Waals surface area contributed by atoms with Crippen LogP contribution in [0.2, 0.25) is 0 Å². The number of benzene rings is 1. The van der Waals surface area contributed by atoms with Crippen LogP contribution in [0, 0.1) is 29.7 Å². The van der Waals surface area contributed by atoms with E-state index in [9.17, 15) is 5.26 Å². The van der Waals surface area contributed by atoms with E-state index in [4.69, 9.17) is 16.7 Å². The molecule has 3 rings (SSSR count). The Kier molecular flexibility index (Phi) is 4.34. The number of fused-ring (bicyclic) bond motifs is 1. The highest BCUT2D eigenvalue weighted by atomic mass is 15.2. The van der Waals surface area contributed by atoms with Gasteiger partial charge in [0.05, 0.1) is 5.69 Å². The lowest BCUT2D eigenvalue weighted by Gasteiger charge is -2.28. The molecule has 1 aliphatic rings. The summed E-state index contributed by atoms with van der Waals surface area (Å²) in [5, 5.41) is 23.8. The first kappa shape index (κ1) is 17.1. The third-order valence-electron chi connectivity index (χ3n) is 4.43. The van der Waals surface area contributed by atoms with Crippen molar-refractivity contribution in [2.24, 2.45) is 4.99 Å². The molecule has 0 spiro atoms. The predicted octanol–water partition coefficient (Wildman–Crippen LogP) is 1.93. The van der Waals surface area contributed by atoms with Crippen molar-refractivity contribution in [3.05, 3.63) is 46.0 Å². The number of nitrogens with zero attached hydrogens (tertiary/aromatic N) is 4. The fourth-order valence-corrected chi connectivity index (χ4v) is 3.23. The van der Waals surface area contributed by atoms with Gasteiger partial charge in [0.2, 0.25) is 5.96 Å². The SMILES string of the molecule is CCc1cccc(C)c1C1N=C(NC#N)Nc2nc(N)c(C#N)c(N)c21. The summed E-state index contributed by atoms with van der Waals surface area (Å²) in [4.78, 5) is 8.89. The van der Waals surface area contributed by atoms with Gasteiger partial charge in [-0.05, 0) is 30.0 Å². The maximum Gasteiger partial charge on any atom is 0.211 e. The molecule has 0 saturated carbocycles. The number of guanidine groups is 1. The van der Waals surface area contributed by atoms with Gasteiger partial charge in [0.15, 0.2) is 6.19 Å². The molecule has 2 heterocycles. The molecular formula is C18H18N8. The van der Waals surface area contributed by atoms with Crippen LogP contribution in [0.1, 0.15) is 40.8 Å². The number of rotatable bonds is 2. The number of anilines is 3. The molecule has 1 aromatic heterocycles. The molecule has 6 N–H and O–H groups in total. The molecule has 0 radical (unpaired) electrons. The summed E-state index contributed by atoms with van der Waals surface area (Å²) in [5.41, 5.74) is 16.2. The third kappa shape index (κ3) is 2.64. The van der Waals surface area contributed by atoms with Gasteiger partial charge in [-0.1, -0.05) is 25.1 Å². The fourth-order valence-electron chi connectivity index (χ4n) is 3.23. The molecular weight excluding hydrogens is 328 g/mol. The Bertz CT molecular complexity index is 994. The van der Waals surface area contributed by atoms with E-state index in [0.717, 1.165) is 23.1 Å². The van der Waals surface area contributed by atoms with E-state index in [1.54, 1.807) is 0 Å². The summed E-state index contributed by atoms with van der Waals surface area (Å²) < 4.78 is 0. The van der Waals surface area contributed by atoms with Crippen LogP contribution in [-0.4, -0.2) is 10.9 Å². The second-order valence-corrected chi connectivity index (χ2v) is 5.90. The standard InChI is InChI=1S/C18H18N8/c1-3-10-6-4-5-9(2)12(10)15-13-14(21)11(7-19)16(22)25-17(13)26-18(24-15)23-8-20/h4-6,15H,3H2,1-2H3,(H6,21,22,23,24,25,26). The van der Waals surface area contributed by atoms with Crippen LogP contribution < -0.4 is 22.1 Å². The molecule has 1 aromatic carbocycles. The Balaban J connectivity index is 2.33. The number of hydrogen-bond acceptors (Lipinski definition) is 8. The summed E-state index contributed by atoms with van der Waals surface area (Å²) >= 11 is 0. The van der Waals surface area contributed by atoms with Gasteiger partial charge in [0.1, 0.15) is 29.3 Å². The first-order valence-corrected chi connectivity index (χ1v) is 8.09. The van der Waals surface area contributed by atoms with Crippen LogP contribution in [0.15, 0.2) is 23.2 Å². The Morgan fingerprint density at radius 1 is 1.27 bits per heavy atom. The van der Waals surface area contributed by atoms with Crippen LogP contribution in [0.3, 0.4) is 0 Å². The number of pyridine rings is 1. The molecule has 130 valence electrons. The van der Waals surface area contributed by atoms with Crippen molar-refractivity contribution in [3.63, 3.8) is 0 Å². The van der Waals surface area contributed by atoms with Crippen LogP contribution in [0.4, 0.5) is 17.3 Å². The van der Waals surface area contributed by atoms with E-state index in [0.29, 0.717) is 11.4 Å². The zero-order chi connectivity index (χ0) is 18.8. The molecule has 0 bridgehead atoms. The molecule has 2 aromatic rings. The number of aromatic nitrogens is 1. The second-order valence-electron chi connectivity index (χ2n) is 5.90. The summed E-state index contributed by atoms with van der Waals surface area (Å²) in [6.45, 7) is 4.05. The number of nitrogens with two attached hydrogens (primary N) is 2. The number of nitriles is 2. The highest BCUT2D eigenvalue weighted by Crippen LogP contribution is 2.42. The molecule has 1 atom stereocenters. The first-order chi connectivity index (χ1) is 12.5. The molecule has 8 heteroatoms. The van der Waals surface area contributed by atoms with Gasteiger partial charge >= 0.3 is 0 Å². The number of aryl methyl sites for hydroxylation is 2. The number of nitrogens with one attached hydrogen (secondary N) is 2. The van der Waals surface area contributed by atoms with Crippen molar-refractivity contribution in [2.75, 3.05) is 16.8 Å². The molecule has 8 nitrogen and oxygen atoms in total. The molecule has 0 fully saturated rings. The molecule has 1 unspecified atom stereocenters. The van der Waals surface area contributed by atoms with E-state index in [-0.39, 0.29) is 23.0 Å². The lowest BCUT2D eigenvalue weighted by Crippen LogP contribution is -2.33. The van der Waals surface area contributed by atoms with E-state index in [2.05, 4.69) is 27.5 Å². The summed E-state index contributed by atoms with van der Waals surface area (Å²) in [7, 11) is 0. The van der Waals surface area contributed by atoms with Crippen LogP contribution in [0.5, 0.6) is 0 Å². The minimum atomic E-state index is -0.501. The predicted molar refractivity (Wildman–Crippen MR) is 100.0 cm³/mol. The highest BCUT2D eigenvalue weighted by molar-refractivity contribution is 5.98. The maximum atomic E-state index is 9.39. The quantitative estimate of drug-likeness (QED) is 0.479.